The summed E-state index contributed by atoms with van der Waals surface area (Å²) in [5.74, 6) is 2.50. The predicted molar refractivity (Wildman–Crippen MR) is 131 cm³/mol. The van der Waals surface area contributed by atoms with Gasteiger partial charge < -0.3 is 20.1 Å². The maximum absolute atomic E-state index is 6.35. The third-order valence-electron chi connectivity index (χ3n) is 6.43. The smallest absolute Gasteiger partial charge is 0.191 e. The van der Waals surface area contributed by atoms with Crippen molar-refractivity contribution in [3.63, 3.8) is 0 Å². The van der Waals surface area contributed by atoms with Crippen molar-refractivity contribution in [2.45, 2.75) is 44.4 Å². The molecule has 1 unspecified atom stereocenters. The standard InChI is InChI=1S/C22H35N5O2.HI/c1-23-22(25-15-18-16-26-10-12-27(18)13-11-26)24-14-17-6-5-9-20(28-2)21(17)29-19-7-3-4-8-19;/h5-6,9,18-19H,3-4,7-8,10-16H2,1-2H3,(H2,23,24,25);1H. The monoisotopic (exact) mass is 529 g/mol. The van der Waals surface area contributed by atoms with E-state index >= 15 is 0 Å². The van der Waals surface area contributed by atoms with Crippen molar-refractivity contribution in [3.05, 3.63) is 23.8 Å². The summed E-state index contributed by atoms with van der Waals surface area (Å²) in [5.41, 5.74) is 1.10. The van der Waals surface area contributed by atoms with Crippen LogP contribution in [0, 0.1) is 0 Å². The van der Waals surface area contributed by atoms with Crippen molar-refractivity contribution in [3.8, 4) is 11.5 Å². The fourth-order valence-electron chi connectivity index (χ4n) is 4.70. The quantitative estimate of drug-likeness (QED) is 0.321. The Labute approximate surface area is 197 Å². The lowest BCUT2D eigenvalue weighted by atomic mass is 10.1. The van der Waals surface area contributed by atoms with Crippen LogP contribution in [0.25, 0.3) is 0 Å². The molecule has 8 heteroatoms. The van der Waals surface area contributed by atoms with Crippen LogP contribution in [0.1, 0.15) is 31.2 Å². The van der Waals surface area contributed by atoms with E-state index in [2.05, 4.69) is 31.5 Å². The van der Waals surface area contributed by atoms with Gasteiger partial charge in [0.15, 0.2) is 17.5 Å². The lowest BCUT2D eigenvalue weighted by Gasteiger charge is -2.47. The first-order valence-corrected chi connectivity index (χ1v) is 11.0. The molecule has 2 N–H and O–H groups in total. The average molecular weight is 529 g/mol. The van der Waals surface area contributed by atoms with Crippen LogP contribution in [0.4, 0.5) is 0 Å². The number of nitrogens with zero attached hydrogens (tertiary/aromatic N) is 3. The minimum atomic E-state index is 0. The summed E-state index contributed by atoms with van der Waals surface area (Å²) in [6.45, 7) is 7.51. The first kappa shape index (κ1) is 23.4. The predicted octanol–water partition coefficient (Wildman–Crippen LogP) is 2.30. The van der Waals surface area contributed by atoms with Crippen molar-refractivity contribution in [1.82, 2.24) is 20.4 Å². The van der Waals surface area contributed by atoms with E-state index < -0.39 is 0 Å². The number of fused-ring (bicyclic) bond motifs is 3. The number of piperazine rings is 3. The van der Waals surface area contributed by atoms with Gasteiger partial charge in [0.2, 0.25) is 0 Å². The second-order valence-electron chi connectivity index (χ2n) is 8.27. The van der Waals surface area contributed by atoms with Gasteiger partial charge in [-0.15, -0.1) is 24.0 Å². The molecular weight excluding hydrogens is 493 g/mol. The van der Waals surface area contributed by atoms with Crippen LogP contribution in [-0.4, -0.2) is 81.3 Å². The minimum absolute atomic E-state index is 0. The molecule has 0 amide bonds. The first-order valence-electron chi connectivity index (χ1n) is 11.0. The summed E-state index contributed by atoms with van der Waals surface area (Å²) in [6.07, 6.45) is 5.05. The van der Waals surface area contributed by atoms with Gasteiger partial charge in [-0.1, -0.05) is 12.1 Å². The number of hydrogen-bond donors (Lipinski definition) is 2. The molecule has 2 bridgehead atoms. The van der Waals surface area contributed by atoms with Crippen molar-refractivity contribution in [2.24, 2.45) is 4.99 Å². The molecule has 1 aromatic rings. The molecule has 4 aliphatic rings. The molecule has 4 fully saturated rings. The zero-order valence-electron chi connectivity index (χ0n) is 18.2. The third kappa shape index (κ3) is 5.70. The van der Waals surface area contributed by atoms with E-state index in [0.717, 1.165) is 49.0 Å². The van der Waals surface area contributed by atoms with E-state index in [-0.39, 0.29) is 24.0 Å². The summed E-state index contributed by atoms with van der Waals surface area (Å²) in [7, 11) is 3.53. The van der Waals surface area contributed by atoms with E-state index in [0.29, 0.717) is 18.7 Å². The van der Waals surface area contributed by atoms with Crippen LogP contribution in [0.3, 0.4) is 0 Å². The number of hydrogen-bond acceptors (Lipinski definition) is 5. The Balaban J connectivity index is 0.00000256. The molecule has 3 aliphatic heterocycles. The van der Waals surface area contributed by atoms with Gasteiger partial charge in [0.25, 0.3) is 0 Å². The van der Waals surface area contributed by atoms with Gasteiger partial charge in [0.1, 0.15) is 0 Å². The number of ether oxygens (including phenoxy) is 2. The molecule has 3 saturated heterocycles. The summed E-state index contributed by atoms with van der Waals surface area (Å²) in [6, 6.07) is 6.66. The highest BCUT2D eigenvalue weighted by molar-refractivity contribution is 14.0. The largest absolute Gasteiger partial charge is 0.493 e. The second kappa shape index (κ2) is 11.4. The number of guanidine groups is 1. The molecule has 168 valence electrons. The fraction of sp³-hybridized carbons (Fsp3) is 0.682. The third-order valence-corrected chi connectivity index (χ3v) is 6.43. The Morgan fingerprint density at radius 1 is 1.13 bits per heavy atom. The number of methoxy groups -OCH3 is 1. The first-order chi connectivity index (χ1) is 14.3. The number of nitrogens with one attached hydrogen (secondary N) is 2. The molecule has 1 atom stereocenters. The molecule has 5 rings (SSSR count). The highest BCUT2D eigenvalue weighted by Crippen LogP contribution is 2.34. The molecule has 0 radical (unpaired) electrons. The lowest BCUT2D eigenvalue weighted by Crippen LogP contribution is -2.63. The van der Waals surface area contributed by atoms with Gasteiger partial charge in [-0.3, -0.25) is 14.8 Å². The SMILES string of the molecule is CN=C(NCc1cccc(OC)c1OC1CCCC1)NCC1CN2CCN1CC2.I. The molecular formula is C22H36IN5O2. The van der Waals surface area contributed by atoms with Crippen molar-refractivity contribution < 1.29 is 9.47 Å². The van der Waals surface area contributed by atoms with Gasteiger partial charge in [-0.05, 0) is 31.7 Å². The molecule has 30 heavy (non-hydrogen) atoms. The normalized spacial score (nSPS) is 26.2. The van der Waals surface area contributed by atoms with E-state index in [1.165, 1.54) is 39.0 Å². The summed E-state index contributed by atoms with van der Waals surface area (Å²) < 4.78 is 11.9. The Kier molecular flexibility index (Phi) is 8.88. The lowest BCUT2D eigenvalue weighted by molar-refractivity contribution is 0.0154. The van der Waals surface area contributed by atoms with Crippen LogP contribution in [-0.2, 0) is 6.54 Å². The summed E-state index contributed by atoms with van der Waals surface area (Å²) >= 11 is 0. The van der Waals surface area contributed by atoms with Crippen molar-refractivity contribution in [2.75, 3.05) is 53.4 Å². The van der Waals surface area contributed by atoms with Gasteiger partial charge in [-0.25, -0.2) is 0 Å². The highest BCUT2D eigenvalue weighted by atomic mass is 127. The number of rotatable bonds is 7. The summed E-state index contributed by atoms with van der Waals surface area (Å²) in [4.78, 5) is 9.57. The average Bonchev–Trinajstić information content (AvgIpc) is 3.28. The summed E-state index contributed by atoms with van der Waals surface area (Å²) in [5, 5.41) is 6.97. The Bertz CT molecular complexity index is 703. The van der Waals surface area contributed by atoms with Gasteiger partial charge in [0.05, 0.1) is 13.2 Å². The van der Waals surface area contributed by atoms with Gasteiger partial charge in [-0.2, -0.15) is 0 Å². The number of halogens is 1. The van der Waals surface area contributed by atoms with E-state index in [4.69, 9.17) is 9.47 Å². The van der Waals surface area contributed by atoms with Crippen LogP contribution in [0.5, 0.6) is 11.5 Å². The fourth-order valence-corrected chi connectivity index (χ4v) is 4.70. The topological polar surface area (TPSA) is 61.4 Å². The van der Waals surface area contributed by atoms with Crippen LogP contribution in [0.2, 0.25) is 0 Å². The zero-order chi connectivity index (χ0) is 20.1. The van der Waals surface area contributed by atoms with E-state index in [1.807, 2.05) is 19.2 Å². The van der Waals surface area contributed by atoms with Crippen molar-refractivity contribution in [1.29, 1.82) is 0 Å². The molecule has 1 saturated carbocycles. The van der Waals surface area contributed by atoms with Crippen molar-refractivity contribution >= 4 is 29.9 Å². The van der Waals surface area contributed by atoms with Crippen LogP contribution >= 0.6 is 24.0 Å². The molecule has 0 spiro atoms. The Morgan fingerprint density at radius 2 is 1.90 bits per heavy atom. The number of aliphatic imine (C=N–C) groups is 1. The number of para-hydroxylation sites is 1. The van der Waals surface area contributed by atoms with Crippen LogP contribution < -0.4 is 20.1 Å². The Hall–Kier alpha value is -1.26. The van der Waals surface area contributed by atoms with Crippen LogP contribution in [0.15, 0.2) is 23.2 Å². The second-order valence-corrected chi connectivity index (χ2v) is 8.27. The maximum atomic E-state index is 6.35. The molecule has 7 nitrogen and oxygen atoms in total. The van der Waals surface area contributed by atoms with E-state index in [1.54, 1.807) is 7.11 Å². The molecule has 0 aromatic heterocycles. The van der Waals surface area contributed by atoms with Gasteiger partial charge >= 0.3 is 0 Å². The van der Waals surface area contributed by atoms with E-state index in [9.17, 15) is 0 Å². The Morgan fingerprint density at radius 3 is 2.53 bits per heavy atom. The molecule has 3 heterocycles. The highest BCUT2D eigenvalue weighted by Gasteiger charge is 2.31. The number of benzene rings is 1. The molecule has 1 aromatic carbocycles. The van der Waals surface area contributed by atoms with Gasteiger partial charge in [0, 0.05) is 64.5 Å². The minimum Gasteiger partial charge on any atom is -0.493 e. The molecule has 1 aliphatic carbocycles. The maximum Gasteiger partial charge on any atom is 0.191 e. The zero-order valence-corrected chi connectivity index (χ0v) is 20.6.